The number of carboxylic acid groups (broad SMARTS) is 1. The molecule has 162 valence electrons. The molecule has 0 saturated carbocycles. The van der Waals surface area contributed by atoms with Crippen molar-refractivity contribution in [1.29, 1.82) is 0 Å². The van der Waals surface area contributed by atoms with E-state index in [2.05, 4.69) is 5.32 Å². The molecule has 2 aromatic carbocycles. The Morgan fingerprint density at radius 2 is 1.73 bits per heavy atom. The SMILES string of the molecule is CC(C)(C)CC1NC(C(=O)O)C(c2cc(Cl)ccc2F)C1(N)c1ccc(Cl)cc1F. The standard InChI is InChI=1S/C22H24Cl2F2N2O2/c1-21(2,3)10-17-22(27,14-6-4-12(24)9-16(14)26)18(19(28-17)20(29)30)13-8-11(23)5-7-15(13)25/h4-9,17-19,28H,10,27H2,1-3H3,(H,29,30). The van der Waals surface area contributed by atoms with Crippen LogP contribution in [-0.2, 0) is 10.3 Å². The zero-order chi connectivity index (χ0) is 22.4. The van der Waals surface area contributed by atoms with Crippen molar-refractivity contribution < 1.29 is 18.7 Å². The van der Waals surface area contributed by atoms with Crippen LogP contribution in [-0.4, -0.2) is 23.2 Å². The van der Waals surface area contributed by atoms with Gasteiger partial charge in [-0.25, -0.2) is 8.78 Å². The number of benzene rings is 2. The number of carboxylic acids is 1. The monoisotopic (exact) mass is 456 g/mol. The fourth-order valence-electron chi connectivity index (χ4n) is 4.38. The Morgan fingerprint density at radius 3 is 2.30 bits per heavy atom. The minimum atomic E-state index is -1.57. The third-order valence-corrected chi connectivity index (χ3v) is 6.05. The van der Waals surface area contributed by atoms with E-state index < -0.39 is 41.1 Å². The Bertz CT molecular complexity index is 980. The lowest BCUT2D eigenvalue weighted by atomic mass is 9.68. The Morgan fingerprint density at radius 1 is 1.13 bits per heavy atom. The third-order valence-electron chi connectivity index (χ3n) is 5.58. The van der Waals surface area contributed by atoms with Crippen molar-refractivity contribution in [3.05, 3.63) is 69.2 Å². The number of nitrogens with two attached hydrogens (primary N) is 1. The first-order chi connectivity index (χ1) is 13.8. The zero-order valence-electron chi connectivity index (χ0n) is 16.8. The maximum atomic E-state index is 15.1. The lowest BCUT2D eigenvalue weighted by Gasteiger charge is -2.39. The Labute approximate surface area is 184 Å². The van der Waals surface area contributed by atoms with E-state index in [1.54, 1.807) is 0 Å². The highest BCUT2D eigenvalue weighted by Gasteiger charge is 2.58. The first kappa shape index (κ1) is 22.9. The summed E-state index contributed by atoms with van der Waals surface area (Å²) in [6.07, 6.45) is 0.425. The van der Waals surface area contributed by atoms with E-state index in [9.17, 15) is 14.3 Å². The molecular formula is C22H24Cl2F2N2O2. The van der Waals surface area contributed by atoms with Crippen molar-refractivity contribution in [1.82, 2.24) is 5.32 Å². The van der Waals surface area contributed by atoms with Gasteiger partial charge in [-0.2, -0.15) is 0 Å². The number of carbonyl (C=O) groups is 1. The predicted molar refractivity (Wildman–Crippen MR) is 114 cm³/mol. The van der Waals surface area contributed by atoms with E-state index in [-0.39, 0.29) is 26.6 Å². The molecular weight excluding hydrogens is 433 g/mol. The first-order valence-corrected chi connectivity index (χ1v) is 10.3. The number of rotatable bonds is 4. The molecule has 4 N–H and O–H groups in total. The zero-order valence-corrected chi connectivity index (χ0v) is 18.4. The minimum Gasteiger partial charge on any atom is -0.480 e. The lowest BCUT2D eigenvalue weighted by Crippen LogP contribution is -2.52. The summed E-state index contributed by atoms with van der Waals surface area (Å²) in [7, 11) is 0. The molecule has 2 aromatic rings. The maximum Gasteiger partial charge on any atom is 0.321 e. The molecule has 4 nitrogen and oxygen atoms in total. The van der Waals surface area contributed by atoms with Gasteiger partial charge in [-0.3, -0.25) is 10.1 Å². The van der Waals surface area contributed by atoms with E-state index in [0.29, 0.717) is 6.42 Å². The average Bonchev–Trinajstić information content (AvgIpc) is 2.89. The molecule has 0 amide bonds. The van der Waals surface area contributed by atoms with Gasteiger partial charge >= 0.3 is 5.97 Å². The molecule has 8 heteroatoms. The molecule has 0 bridgehead atoms. The molecule has 1 fully saturated rings. The van der Waals surface area contributed by atoms with Crippen molar-refractivity contribution >= 4 is 29.2 Å². The second-order valence-electron chi connectivity index (χ2n) is 9.00. The van der Waals surface area contributed by atoms with Gasteiger partial charge in [0, 0.05) is 27.6 Å². The second-order valence-corrected chi connectivity index (χ2v) is 9.87. The average molecular weight is 457 g/mol. The molecule has 3 rings (SSSR count). The van der Waals surface area contributed by atoms with Gasteiger partial charge < -0.3 is 10.8 Å². The summed E-state index contributed by atoms with van der Waals surface area (Å²) in [5.74, 6) is -3.65. The summed E-state index contributed by atoms with van der Waals surface area (Å²) in [6, 6.07) is 6.03. The van der Waals surface area contributed by atoms with Crippen LogP contribution in [0.1, 0.15) is 44.2 Å². The highest BCUT2D eigenvalue weighted by Crippen LogP contribution is 2.49. The molecule has 0 aromatic heterocycles. The predicted octanol–water partition coefficient (Wildman–Crippen LogP) is 5.07. The highest BCUT2D eigenvalue weighted by molar-refractivity contribution is 6.30. The van der Waals surface area contributed by atoms with Gasteiger partial charge in [0.15, 0.2) is 0 Å². The molecule has 1 aliphatic rings. The number of hydrogen-bond acceptors (Lipinski definition) is 3. The topological polar surface area (TPSA) is 75.3 Å². The normalized spacial score (nSPS) is 26.7. The van der Waals surface area contributed by atoms with E-state index in [0.717, 1.165) is 12.1 Å². The van der Waals surface area contributed by atoms with Gasteiger partial charge in [0.25, 0.3) is 0 Å². The van der Waals surface area contributed by atoms with Crippen molar-refractivity contribution in [2.75, 3.05) is 0 Å². The van der Waals surface area contributed by atoms with Crippen LogP contribution in [0, 0.1) is 17.0 Å². The van der Waals surface area contributed by atoms with Crippen LogP contribution in [0.3, 0.4) is 0 Å². The second kappa shape index (κ2) is 8.08. The first-order valence-electron chi connectivity index (χ1n) is 9.53. The summed E-state index contributed by atoms with van der Waals surface area (Å²) in [4.78, 5) is 12.2. The van der Waals surface area contributed by atoms with Crippen molar-refractivity contribution in [3.63, 3.8) is 0 Å². The van der Waals surface area contributed by atoms with Gasteiger partial charge in [-0.05, 0) is 47.7 Å². The largest absolute Gasteiger partial charge is 0.480 e. The Hall–Kier alpha value is -1.73. The molecule has 0 radical (unpaired) electrons. The minimum absolute atomic E-state index is 0.0238. The van der Waals surface area contributed by atoms with Crippen LogP contribution < -0.4 is 11.1 Å². The molecule has 1 saturated heterocycles. The molecule has 4 unspecified atom stereocenters. The van der Waals surface area contributed by atoms with Gasteiger partial charge in [0.2, 0.25) is 0 Å². The molecule has 0 spiro atoms. The molecule has 4 atom stereocenters. The molecule has 1 aliphatic heterocycles. The van der Waals surface area contributed by atoms with Gasteiger partial charge in [-0.15, -0.1) is 0 Å². The highest BCUT2D eigenvalue weighted by atomic mass is 35.5. The number of aliphatic carboxylic acids is 1. The Kier molecular flexibility index (Phi) is 6.18. The summed E-state index contributed by atoms with van der Waals surface area (Å²) in [5.41, 5.74) is 5.14. The van der Waals surface area contributed by atoms with Crippen LogP contribution in [0.15, 0.2) is 36.4 Å². The van der Waals surface area contributed by atoms with Crippen LogP contribution in [0.5, 0.6) is 0 Å². The number of hydrogen-bond donors (Lipinski definition) is 3. The van der Waals surface area contributed by atoms with E-state index in [1.165, 1.54) is 24.3 Å². The van der Waals surface area contributed by atoms with Crippen molar-refractivity contribution in [3.8, 4) is 0 Å². The summed E-state index contributed by atoms with van der Waals surface area (Å²) in [6.45, 7) is 5.91. The van der Waals surface area contributed by atoms with Gasteiger partial charge in [0.05, 0.1) is 5.54 Å². The van der Waals surface area contributed by atoms with Crippen LogP contribution in [0.2, 0.25) is 10.0 Å². The fourth-order valence-corrected chi connectivity index (χ4v) is 4.72. The van der Waals surface area contributed by atoms with Crippen molar-refractivity contribution in [2.24, 2.45) is 11.1 Å². The summed E-state index contributed by atoms with van der Waals surface area (Å²) in [5, 5.41) is 13.4. The number of nitrogens with one attached hydrogen (secondary N) is 1. The molecule has 30 heavy (non-hydrogen) atoms. The lowest BCUT2D eigenvalue weighted by molar-refractivity contribution is -0.139. The Balaban J connectivity index is 2.30. The van der Waals surface area contributed by atoms with Crippen molar-refractivity contribution in [2.45, 2.75) is 50.7 Å². The third kappa shape index (κ3) is 4.19. The van der Waals surface area contributed by atoms with Crippen LogP contribution in [0.25, 0.3) is 0 Å². The van der Waals surface area contributed by atoms with Crippen LogP contribution in [0.4, 0.5) is 8.78 Å². The summed E-state index contributed by atoms with van der Waals surface area (Å²) < 4.78 is 30.0. The van der Waals surface area contributed by atoms with Gasteiger partial charge in [0.1, 0.15) is 17.7 Å². The van der Waals surface area contributed by atoms with Crippen LogP contribution >= 0.6 is 23.2 Å². The fraction of sp³-hybridized carbons (Fsp3) is 0.409. The molecule has 0 aliphatic carbocycles. The quantitative estimate of drug-likeness (QED) is 0.599. The van der Waals surface area contributed by atoms with E-state index in [4.69, 9.17) is 28.9 Å². The smallest absolute Gasteiger partial charge is 0.321 e. The van der Waals surface area contributed by atoms with Gasteiger partial charge in [-0.1, -0.05) is 50.0 Å². The van der Waals surface area contributed by atoms with E-state index >= 15 is 4.39 Å². The summed E-state index contributed by atoms with van der Waals surface area (Å²) >= 11 is 12.0. The maximum absolute atomic E-state index is 15.1. The molecule has 1 heterocycles. The number of halogens is 4. The van der Waals surface area contributed by atoms with E-state index in [1.807, 2.05) is 20.8 Å².